The van der Waals surface area contributed by atoms with Gasteiger partial charge in [-0.3, -0.25) is 9.80 Å². The average molecular weight is 726 g/mol. The molecule has 10 nitrogen and oxygen atoms in total. The van der Waals surface area contributed by atoms with E-state index in [2.05, 4.69) is 51.7 Å². The lowest BCUT2D eigenvalue weighted by Crippen LogP contribution is -2.66. The number of likely N-dealkylation sites (tertiary alicyclic amines) is 3. The van der Waals surface area contributed by atoms with Crippen LogP contribution in [0.2, 0.25) is 5.02 Å². The summed E-state index contributed by atoms with van der Waals surface area (Å²) >= 11 is 6.30. The molecule has 11 heteroatoms. The highest BCUT2D eigenvalue weighted by Gasteiger charge is 2.48. The summed E-state index contributed by atoms with van der Waals surface area (Å²) < 4.78 is 11.7. The average Bonchev–Trinajstić information content (AvgIpc) is 3.09. The Labute approximate surface area is 313 Å². The number of aromatic nitrogens is 2. The number of ether oxygens (including phenoxy) is 2. The van der Waals surface area contributed by atoms with Crippen molar-refractivity contribution in [3.8, 4) is 11.8 Å². The molecule has 52 heavy (non-hydrogen) atoms. The van der Waals surface area contributed by atoms with Crippen LogP contribution >= 0.6 is 11.6 Å². The molecule has 4 aliphatic heterocycles. The number of piperidine rings is 2. The molecule has 7 rings (SSSR count). The summed E-state index contributed by atoms with van der Waals surface area (Å²) in [6.07, 6.45) is 6.42. The molecule has 0 N–H and O–H groups in total. The zero-order valence-corrected chi connectivity index (χ0v) is 32.0. The number of anilines is 1. The van der Waals surface area contributed by atoms with E-state index in [1.54, 1.807) is 6.07 Å². The molecular formula is C41H52ClN7O3. The molecule has 0 atom stereocenters. The van der Waals surface area contributed by atoms with Crippen molar-refractivity contribution < 1.29 is 14.3 Å². The Morgan fingerprint density at radius 2 is 1.62 bits per heavy atom. The van der Waals surface area contributed by atoms with Gasteiger partial charge in [0.2, 0.25) is 5.95 Å². The summed E-state index contributed by atoms with van der Waals surface area (Å²) in [5.74, 6) is 1.56. The number of hydrogen-bond acceptors (Lipinski definition) is 9. The number of nitrogens with zero attached hydrogens (tertiary/aromatic N) is 7. The van der Waals surface area contributed by atoms with Crippen LogP contribution in [0.5, 0.6) is 5.75 Å². The topological polar surface area (TPSA) is 98.1 Å². The van der Waals surface area contributed by atoms with Crippen molar-refractivity contribution in [3.05, 3.63) is 82.1 Å². The highest BCUT2D eigenvalue weighted by Crippen LogP contribution is 2.43. The van der Waals surface area contributed by atoms with Crippen LogP contribution in [0.4, 0.5) is 10.7 Å². The fraction of sp³-hybridized carbons (Fsp3) is 0.561. The fourth-order valence-corrected chi connectivity index (χ4v) is 8.51. The van der Waals surface area contributed by atoms with Gasteiger partial charge in [0, 0.05) is 81.1 Å². The zero-order valence-electron chi connectivity index (χ0n) is 31.3. The first-order valence-electron chi connectivity index (χ1n) is 18.8. The number of carbonyl (C=O) groups excluding carboxylic acids is 1. The second kappa shape index (κ2) is 14.5. The molecule has 4 saturated heterocycles. The number of amides is 1. The minimum atomic E-state index is -0.443. The Kier molecular flexibility index (Phi) is 10.2. The van der Waals surface area contributed by atoms with Gasteiger partial charge in [-0.1, -0.05) is 37.6 Å². The number of halogens is 1. The quantitative estimate of drug-likeness (QED) is 0.246. The SMILES string of the molecule is CC(C)(C)OC(=O)N1CC(N2CCC(N3CC4(CCN(c5nccc(COc6ccc(C(C)(C)c7cc(Cl)cc(C#N)c7)cc6)n5)CC4)C3)CC2)C1. The third kappa shape index (κ3) is 8.02. The summed E-state index contributed by atoms with van der Waals surface area (Å²) in [4.78, 5) is 31.3. The van der Waals surface area contributed by atoms with Crippen molar-refractivity contribution in [2.45, 2.75) is 90.0 Å². The van der Waals surface area contributed by atoms with E-state index in [-0.39, 0.29) is 11.5 Å². The van der Waals surface area contributed by atoms with Gasteiger partial charge in [-0.05, 0) is 99.4 Å². The van der Waals surface area contributed by atoms with Gasteiger partial charge in [0.15, 0.2) is 0 Å². The van der Waals surface area contributed by atoms with E-state index in [1.807, 2.05) is 62.2 Å². The van der Waals surface area contributed by atoms with Gasteiger partial charge < -0.3 is 19.3 Å². The Morgan fingerprint density at radius 1 is 0.923 bits per heavy atom. The van der Waals surface area contributed by atoms with Crippen LogP contribution in [0.25, 0.3) is 0 Å². The maximum absolute atomic E-state index is 12.3. The summed E-state index contributed by atoms with van der Waals surface area (Å²) in [6.45, 7) is 18.6. The maximum atomic E-state index is 12.3. The fourth-order valence-electron chi connectivity index (χ4n) is 8.27. The summed E-state index contributed by atoms with van der Waals surface area (Å²) in [5, 5.41) is 9.96. The first-order valence-corrected chi connectivity index (χ1v) is 19.1. The molecule has 5 heterocycles. The van der Waals surface area contributed by atoms with Gasteiger partial charge in [0.1, 0.15) is 18.0 Å². The number of rotatable bonds is 8. The minimum Gasteiger partial charge on any atom is -0.487 e. The van der Waals surface area contributed by atoms with Crippen molar-refractivity contribution in [1.29, 1.82) is 5.26 Å². The first-order chi connectivity index (χ1) is 24.8. The summed E-state index contributed by atoms with van der Waals surface area (Å²) in [7, 11) is 0. The van der Waals surface area contributed by atoms with Crippen LogP contribution in [0, 0.1) is 16.7 Å². The lowest BCUT2D eigenvalue weighted by Gasteiger charge is -2.58. The lowest BCUT2D eigenvalue weighted by molar-refractivity contribution is -0.0714. The van der Waals surface area contributed by atoms with E-state index in [0.29, 0.717) is 34.7 Å². The standard InChI is InChI=1S/C41H52ClN7O3/c1-39(2,3)52-38(50)48-24-35(25-48)46-16-11-34(12-17-46)49-27-41(28-49)13-18-47(19-14-41)37-44-15-10-33(45-37)26-51-36-8-6-30(7-9-36)40(4,5)31-20-29(23-43)21-32(42)22-31/h6-10,15,20-22,34-35H,11-14,16-19,24-28H2,1-5H3. The van der Waals surface area contributed by atoms with Crippen LogP contribution < -0.4 is 9.64 Å². The van der Waals surface area contributed by atoms with Gasteiger partial charge in [0.05, 0.1) is 17.3 Å². The molecule has 0 bridgehead atoms. The van der Waals surface area contributed by atoms with E-state index in [9.17, 15) is 10.1 Å². The molecule has 4 aliphatic rings. The minimum absolute atomic E-state index is 0.185. The maximum Gasteiger partial charge on any atom is 0.410 e. The third-order valence-corrected chi connectivity index (χ3v) is 11.9. The Bertz CT molecular complexity index is 1770. The van der Waals surface area contributed by atoms with Crippen molar-refractivity contribution in [1.82, 2.24) is 24.7 Å². The molecule has 276 valence electrons. The monoisotopic (exact) mass is 725 g/mol. The Hall–Kier alpha value is -3.91. The second-order valence-electron chi connectivity index (χ2n) is 16.8. The van der Waals surface area contributed by atoms with Crippen LogP contribution in [0.15, 0.2) is 54.7 Å². The highest BCUT2D eigenvalue weighted by atomic mass is 35.5. The Balaban J connectivity index is 0.840. The van der Waals surface area contributed by atoms with Gasteiger partial charge in [-0.25, -0.2) is 14.8 Å². The van der Waals surface area contributed by atoms with Crippen molar-refractivity contribution >= 4 is 23.6 Å². The van der Waals surface area contributed by atoms with E-state index in [0.717, 1.165) is 67.8 Å². The van der Waals surface area contributed by atoms with Crippen LogP contribution in [0.1, 0.15) is 82.7 Å². The molecule has 0 aliphatic carbocycles. The highest BCUT2D eigenvalue weighted by molar-refractivity contribution is 6.30. The zero-order chi connectivity index (χ0) is 36.7. The molecule has 0 unspecified atom stereocenters. The summed E-state index contributed by atoms with van der Waals surface area (Å²) in [6, 6.07) is 18.9. The van der Waals surface area contributed by atoms with E-state index < -0.39 is 5.60 Å². The molecular weight excluding hydrogens is 674 g/mol. The number of nitriles is 1. The Morgan fingerprint density at radius 3 is 2.27 bits per heavy atom. The molecule has 1 aromatic heterocycles. The number of hydrogen-bond donors (Lipinski definition) is 0. The van der Waals surface area contributed by atoms with Crippen LogP contribution in [-0.2, 0) is 16.8 Å². The molecule has 3 aromatic rings. The predicted molar refractivity (Wildman–Crippen MR) is 203 cm³/mol. The van der Waals surface area contributed by atoms with Gasteiger partial charge in [0.25, 0.3) is 0 Å². The number of benzene rings is 2. The predicted octanol–water partition coefficient (Wildman–Crippen LogP) is 6.89. The normalized spacial score (nSPS) is 20.2. The second-order valence-corrected chi connectivity index (χ2v) is 17.3. The van der Waals surface area contributed by atoms with Crippen molar-refractivity contribution in [3.63, 3.8) is 0 Å². The van der Waals surface area contributed by atoms with E-state index in [1.165, 1.54) is 38.8 Å². The largest absolute Gasteiger partial charge is 0.487 e. The van der Waals surface area contributed by atoms with E-state index in [4.69, 9.17) is 26.1 Å². The summed E-state index contributed by atoms with van der Waals surface area (Å²) in [5.41, 5.74) is 3.17. The van der Waals surface area contributed by atoms with Gasteiger partial charge in [-0.15, -0.1) is 0 Å². The smallest absolute Gasteiger partial charge is 0.410 e. The van der Waals surface area contributed by atoms with Gasteiger partial charge >= 0.3 is 6.09 Å². The molecule has 1 amide bonds. The van der Waals surface area contributed by atoms with Crippen LogP contribution in [-0.4, -0.2) is 101 Å². The molecule has 0 radical (unpaired) electrons. The molecule has 0 saturated carbocycles. The first kappa shape index (κ1) is 36.4. The molecule has 4 fully saturated rings. The lowest BCUT2D eigenvalue weighted by atomic mass is 9.71. The van der Waals surface area contributed by atoms with Crippen molar-refractivity contribution in [2.75, 3.05) is 57.3 Å². The molecule has 1 spiro atoms. The molecule has 2 aromatic carbocycles. The van der Waals surface area contributed by atoms with Gasteiger partial charge in [-0.2, -0.15) is 5.26 Å². The number of carbonyl (C=O) groups is 1. The van der Waals surface area contributed by atoms with Crippen LogP contribution in [0.3, 0.4) is 0 Å². The van der Waals surface area contributed by atoms with Crippen molar-refractivity contribution in [2.24, 2.45) is 5.41 Å². The third-order valence-electron chi connectivity index (χ3n) is 11.6. The van der Waals surface area contributed by atoms with E-state index >= 15 is 0 Å².